The minimum Gasteiger partial charge on any atom is -0.466 e. The summed E-state index contributed by atoms with van der Waals surface area (Å²) < 4.78 is 4.91. The predicted molar refractivity (Wildman–Crippen MR) is 48.4 cm³/mol. The van der Waals surface area contributed by atoms with Crippen LogP contribution in [0.15, 0.2) is 0 Å². The summed E-state index contributed by atoms with van der Waals surface area (Å²) in [5.74, 6) is 0.375. The maximum atomic E-state index is 10.9. The molecule has 0 saturated carbocycles. The van der Waals surface area contributed by atoms with Gasteiger partial charge < -0.3 is 10.1 Å². The number of ether oxygens (including phenoxy) is 1. The Bertz CT molecular complexity index is 143. The number of hydrogen-bond acceptors (Lipinski definition) is 3. The van der Waals surface area contributed by atoms with Gasteiger partial charge in [0.25, 0.3) is 0 Å². The van der Waals surface area contributed by atoms with Crippen molar-refractivity contribution in [1.82, 2.24) is 0 Å². The van der Waals surface area contributed by atoms with Crippen molar-refractivity contribution in [2.75, 3.05) is 6.61 Å². The van der Waals surface area contributed by atoms with E-state index >= 15 is 0 Å². The van der Waals surface area contributed by atoms with Crippen LogP contribution in [-0.2, 0) is 9.53 Å². The van der Waals surface area contributed by atoms with E-state index in [9.17, 15) is 4.79 Å². The second-order valence-corrected chi connectivity index (χ2v) is 3.15. The molecule has 70 valence electrons. The normalized spacial score (nSPS) is 9.92. The molecule has 3 heteroatoms. The minimum absolute atomic E-state index is 0.195. The molecule has 0 aliphatic rings. The summed E-state index contributed by atoms with van der Waals surface area (Å²) >= 11 is 0. The van der Waals surface area contributed by atoms with Gasteiger partial charge >= 0.3 is 5.97 Å². The van der Waals surface area contributed by atoms with Crippen LogP contribution in [0.1, 0.15) is 33.1 Å². The summed E-state index contributed by atoms with van der Waals surface area (Å²) in [6.07, 6.45) is 2.96. The molecule has 0 heterocycles. The van der Waals surface area contributed by atoms with Gasteiger partial charge in [0.2, 0.25) is 0 Å². The molecule has 0 fully saturated rings. The Balaban J connectivity index is 3.25. The van der Waals surface area contributed by atoms with Crippen molar-refractivity contribution in [3.05, 3.63) is 0 Å². The Morgan fingerprint density at radius 3 is 2.75 bits per heavy atom. The van der Waals surface area contributed by atoms with E-state index in [1.54, 1.807) is 0 Å². The molecule has 0 amide bonds. The van der Waals surface area contributed by atoms with Gasteiger partial charge in [-0.15, -0.1) is 0 Å². The van der Waals surface area contributed by atoms with Crippen molar-refractivity contribution >= 4 is 12.2 Å². The summed E-state index contributed by atoms with van der Waals surface area (Å²) in [6, 6.07) is 0. The van der Waals surface area contributed by atoms with E-state index in [0.29, 0.717) is 25.4 Å². The molecule has 0 bridgehead atoms. The van der Waals surface area contributed by atoms with Gasteiger partial charge in [-0.3, -0.25) is 4.79 Å². The van der Waals surface area contributed by atoms with Gasteiger partial charge in [0.05, 0.1) is 13.0 Å². The highest BCUT2D eigenvalue weighted by atomic mass is 16.5. The Morgan fingerprint density at radius 2 is 2.25 bits per heavy atom. The van der Waals surface area contributed by atoms with Crippen LogP contribution in [0.3, 0.4) is 0 Å². The lowest BCUT2D eigenvalue weighted by Crippen LogP contribution is -2.07. The number of esters is 1. The van der Waals surface area contributed by atoms with Crippen molar-refractivity contribution in [2.45, 2.75) is 33.1 Å². The first-order chi connectivity index (χ1) is 5.66. The van der Waals surface area contributed by atoms with Crippen LogP contribution >= 0.6 is 0 Å². The molecule has 0 aliphatic carbocycles. The highest BCUT2D eigenvalue weighted by Crippen LogP contribution is 2.00. The largest absolute Gasteiger partial charge is 0.466 e. The number of carbonyl (C=O) groups is 1. The Hall–Kier alpha value is -0.860. The van der Waals surface area contributed by atoms with Crippen LogP contribution in [-0.4, -0.2) is 18.8 Å². The summed E-state index contributed by atoms with van der Waals surface area (Å²) in [5, 5.41) is 6.71. The SMILES string of the molecule is CC(C)CCOC(=O)CCC=N. The van der Waals surface area contributed by atoms with Crippen molar-refractivity contribution in [2.24, 2.45) is 5.92 Å². The van der Waals surface area contributed by atoms with Gasteiger partial charge in [-0.2, -0.15) is 0 Å². The highest BCUT2D eigenvalue weighted by Gasteiger charge is 2.01. The molecule has 0 atom stereocenters. The lowest BCUT2D eigenvalue weighted by molar-refractivity contribution is -0.143. The van der Waals surface area contributed by atoms with Crippen LogP contribution in [0.5, 0.6) is 0 Å². The standard InChI is InChI=1S/C9H17NO2/c1-8(2)5-7-12-9(11)4-3-6-10/h6,8,10H,3-5,7H2,1-2H3. The van der Waals surface area contributed by atoms with Crippen LogP contribution in [0.4, 0.5) is 0 Å². The minimum atomic E-state index is -0.195. The van der Waals surface area contributed by atoms with Crippen LogP contribution in [0, 0.1) is 11.3 Å². The molecule has 0 aromatic heterocycles. The number of carbonyl (C=O) groups excluding carboxylic acids is 1. The second kappa shape index (κ2) is 6.83. The number of rotatable bonds is 6. The molecule has 12 heavy (non-hydrogen) atoms. The summed E-state index contributed by atoms with van der Waals surface area (Å²) in [4.78, 5) is 10.9. The first kappa shape index (κ1) is 11.1. The molecule has 0 radical (unpaired) electrons. The Kier molecular flexibility index (Phi) is 6.34. The van der Waals surface area contributed by atoms with E-state index in [4.69, 9.17) is 10.1 Å². The summed E-state index contributed by atoms with van der Waals surface area (Å²) in [6.45, 7) is 4.69. The van der Waals surface area contributed by atoms with Crippen molar-refractivity contribution in [1.29, 1.82) is 5.41 Å². The van der Waals surface area contributed by atoms with Gasteiger partial charge in [0, 0.05) is 0 Å². The zero-order chi connectivity index (χ0) is 9.40. The van der Waals surface area contributed by atoms with Gasteiger partial charge in [-0.25, -0.2) is 0 Å². The number of nitrogens with one attached hydrogen (secondary N) is 1. The van der Waals surface area contributed by atoms with Gasteiger partial charge in [-0.1, -0.05) is 13.8 Å². The van der Waals surface area contributed by atoms with Crippen LogP contribution < -0.4 is 0 Å². The summed E-state index contributed by atoms with van der Waals surface area (Å²) in [7, 11) is 0. The van der Waals surface area contributed by atoms with E-state index in [1.165, 1.54) is 6.21 Å². The number of hydrogen-bond donors (Lipinski definition) is 1. The second-order valence-electron chi connectivity index (χ2n) is 3.15. The molecule has 0 aromatic carbocycles. The molecule has 1 N–H and O–H groups in total. The average molecular weight is 171 g/mol. The molecule has 0 aliphatic heterocycles. The third kappa shape index (κ3) is 7.25. The zero-order valence-corrected chi connectivity index (χ0v) is 7.80. The van der Waals surface area contributed by atoms with E-state index in [-0.39, 0.29) is 5.97 Å². The molecule has 3 nitrogen and oxygen atoms in total. The Labute approximate surface area is 73.6 Å². The monoisotopic (exact) mass is 171 g/mol. The van der Waals surface area contributed by atoms with E-state index in [1.807, 2.05) is 0 Å². The molecular weight excluding hydrogens is 154 g/mol. The Morgan fingerprint density at radius 1 is 1.58 bits per heavy atom. The van der Waals surface area contributed by atoms with Crippen molar-refractivity contribution in [3.8, 4) is 0 Å². The molecule has 0 aromatic rings. The topological polar surface area (TPSA) is 50.2 Å². The molecule has 0 saturated heterocycles. The maximum Gasteiger partial charge on any atom is 0.306 e. The third-order valence-electron chi connectivity index (χ3n) is 1.45. The van der Waals surface area contributed by atoms with Gasteiger partial charge in [0.15, 0.2) is 0 Å². The van der Waals surface area contributed by atoms with Crippen molar-refractivity contribution < 1.29 is 9.53 Å². The van der Waals surface area contributed by atoms with E-state index in [0.717, 1.165) is 6.42 Å². The molecule has 0 unspecified atom stereocenters. The fraction of sp³-hybridized carbons (Fsp3) is 0.778. The van der Waals surface area contributed by atoms with Crippen LogP contribution in [0.2, 0.25) is 0 Å². The fourth-order valence-electron chi connectivity index (χ4n) is 0.671. The maximum absolute atomic E-state index is 10.9. The van der Waals surface area contributed by atoms with Crippen LogP contribution in [0.25, 0.3) is 0 Å². The quantitative estimate of drug-likeness (QED) is 0.491. The molecular formula is C9H17NO2. The van der Waals surface area contributed by atoms with Gasteiger partial charge in [0.1, 0.15) is 0 Å². The molecule has 0 spiro atoms. The third-order valence-corrected chi connectivity index (χ3v) is 1.45. The fourth-order valence-corrected chi connectivity index (χ4v) is 0.671. The lowest BCUT2D eigenvalue weighted by atomic mass is 10.1. The average Bonchev–Trinajstić information content (AvgIpc) is 2.00. The van der Waals surface area contributed by atoms with E-state index in [2.05, 4.69) is 13.8 Å². The predicted octanol–water partition coefficient (Wildman–Crippen LogP) is 2.01. The molecule has 0 rings (SSSR count). The van der Waals surface area contributed by atoms with Gasteiger partial charge in [-0.05, 0) is 25.0 Å². The lowest BCUT2D eigenvalue weighted by Gasteiger charge is -2.05. The highest BCUT2D eigenvalue weighted by molar-refractivity contribution is 5.72. The van der Waals surface area contributed by atoms with Crippen molar-refractivity contribution in [3.63, 3.8) is 0 Å². The smallest absolute Gasteiger partial charge is 0.306 e. The summed E-state index contributed by atoms with van der Waals surface area (Å²) in [5.41, 5.74) is 0. The van der Waals surface area contributed by atoms with E-state index < -0.39 is 0 Å². The zero-order valence-electron chi connectivity index (χ0n) is 7.80. The first-order valence-electron chi connectivity index (χ1n) is 4.31. The first-order valence-corrected chi connectivity index (χ1v) is 4.31.